The number of nitrogens with one attached hydrogen (secondary N) is 1. The summed E-state index contributed by atoms with van der Waals surface area (Å²) in [6.07, 6.45) is -0.250. The second kappa shape index (κ2) is 6.00. The lowest BCUT2D eigenvalue weighted by atomic mass is 9.96. The van der Waals surface area contributed by atoms with Gasteiger partial charge in [-0.15, -0.1) is 0 Å². The minimum absolute atomic E-state index is 0.161. The predicted molar refractivity (Wildman–Crippen MR) is 74.9 cm³/mol. The van der Waals surface area contributed by atoms with Crippen LogP contribution in [0.3, 0.4) is 0 Å². The Hall–Kier alpha value is -2.02. The second-order valence-electron chi connectivity index (χ2n) is 5.61. The van der Waals surface area contributed by atoms with Crippen molar-refractivity contribution < 1.29 is 23.5 Å². The summed E-state index contributed by atoms with van der Waals surface area (Å²) < 4.78 is 26.5. The number of nitrogens with zero attached hydrogens (tertiary/aromatic N) is 1. The van der Waals surface area contributed by atoms with Crippen molar-refractivity contribution in [3.63, 3.8) is 0 Å². The molecule has 0 aromatic heterocycles. The molecular formula is C15H18F2N2O3. The quantitative estimate of drug-likeness (QED) is 0.818. The molecule has 1 heterocycles. The van der Waals surface area contributed by atoms with Gasteiger partial charge in [0.1, 0.15) is 17.2 Å². The molecule has 22 heavy (non-hydrogen) atoms. The third kappa shape index (κ3) is 2.94. The van der Waals surface area contributed by atoms with Crippen LogP contribution in [0, 0.1) is 11.6 Å². The number of imide groups is 1. The monoisotopic (exact) mass is 312 g/mol. The van der Waals surface area contributed by atoms with Crippen molar-refractivity contribution in [2.45, 2.75) is 38.3 Å². The lowest BCUT2D eigenvalue weighted by Gasteiger charge is -2.22. The van der Waals surface area contributed by atoms with Crippen LogP contribution in [0.15, 0.2) is 18.2 Å². The molecule has 0 spiro atoms. The SMILES string of the molecule is CCC[C@]1(C)NC(=O)N(C[C@H](O)c2ccc(F)cc2F)C1=O. The number of aliphatic hydroxyl groups excluding tert-OH is 1. The number of hydrogen-bond acceptors (Lipinski definition) is 3. The summed E-state index contributed by atoms with van der Waals surface area (Å²) in [6.45, 7) is 3.12. The molecule has 120 valence electrons. The van der Waals surface area contributed by atoms with Gasteiger partial charge in [0.2, 0.25) is 0 Å². The summed E-state index contributed by atoms with van der Waals surface area (Å²) in [5.74, 6) is -2.14. The molecule has 1 aliphatic rings. The lowest BCUT2D eigenvalue weighted by Crippen LogP contribution is -2.44. The number of hydrogen-bond donors (Lipinski definition) is 2. The van der Waals surface area contributed by atoms with Gasteiger partial charge in [0.15, 0.2) is 0 Å². The number of urea groups is 1. The van der Waals surface area contributed by atoms with Crippen LogP contribution in [0.4, 0.5) is 13.6 Å². The third-order valence-corrected chi connectivity index (χ3v) is 3.77. The Morgan fingerprint density at radius 2 is 2.05 bits per heavy atom. The highest BCUT2D eigenvalue weighted by Gasteiger charge is 2.47. The average molecular weight is 312 g/mol. The van der Waals surface area contributed by atoms with E-state index in [0.29, 0.717) is 18.9 Å². The highest BCUT2D eigenvalue weighted by atomic mass is 19.1. The zero-order valence-corrected chi connectivity index (χ0v) is 12.4. The molecule has 1 aliphatic heterocycles. The van der Waals surface area contributed by atoms with Gasteiger partial charge < -0.3 is 10.4 Å². The standard InChI is InChI=1S/C15H18F2N2O3/c1-3-6-15(2)13(21)19(14(22)18-15)8-12(20)10-5-4-9(16)7-11(10)17/h4-5,7,12,20H,3,6,8H2,1-2H3,(H,18,22)/t12-,15-/m0/s1. The Morgan fingerprint density at radius 3 is 2.64 bits per heavy atom. The van der Waals surface area contributed by atoms with E-state index in [0.717, 1.165) is 17.0 Å². The molecule has 7 heteroatoms. The number of benzene rings is 1. The number of carbonyl (C=O) groups is 2. The van der Waals surface area contributed by atoms with E-state index >= 15 is 0 Å². The van der Waals surface area contributed by atoms with Crippen molar-refractivity contribution >= 4 is 11.9 Å². The molecule has 2 atom stereocenters. The van der Waals surface area contributed by atoms with Crippen molar-refractivity contribution in [1.82, 2.24) is 10.2 Å². The fourth-order valence-corrected chi connectivity index (χ4v) is 2.63. The van der Waals surface area contributed by atoms with Crippen LogP contribution in [0.1, 0.15) is 38.4 Å². The molecular weight excluding hydrogens is 294 g/mol. The van der Waals surface area contributed by atoms with Crippen LogP contribution < -0.4 is 5.32 Å². The highest BCUT2D eigenvalue weighted by Crippen LogP contribution is 2.26. The van der Waals surface area contributed by atoms with Gasteiger partial charge in [-0.25, -0.2) is 13.6 Å². The second-order valence-corrected chi connectivity index (χ2v) is 5.61. The smallest absolute Gasteiger partial charge is 0.325 e. The zero-order valence-electron chi connectivity index (χ0n) is 12.4. The van der Waals surface area contributed by atoms with Gasteiger partial charge in [-0.3, -0.25) is 9.69 Å². The van der Waals surface area contributed by atoms with E-state index in [2.05, 4.69) is 5.32 Å². The van der Waals surface area contributed by atoms with Crippen molar-refractivity contribution in [3.8, 4) is 0 Å². The summed E-state index contributed by atoms with van der Waals surface area (Å²) in [7, 11) is 0. The number of β-amino-alcohol motifs (C(OH)–C–C–N with tert-alkyl or cyclic N) is 1. The van der Waals surface area contributed by atoms with E-state index < -0.39 is 35.2 Å². The minimum atomic E-state index is -1.42. The molecule has 1 aromatic rings. The van der Waals surface area contributed by atoms with Crippen LogP contribution in [0.25, 0.3) is 0 Å². The Kier molecular flexibility index (Phi) is 4.46. The molecule has 3 amide bonds. The molecule has 0 unspecified atom stereocenters. The minimum Gasteiger partial charge on any atom is -0.386 e. The molecule has 0 radical (unpaired) electrons. The fourth-order valence-electron chi connectivity index (χ4n) is 2.63. The van der Waals surface area contributed by atoms with E-state index in [9.17, 15) is 23.5 Å². The number of carbonyl (C=O) groups excluding carboxylic acids is 2. The van der Waals surface area contributed by atoms with Crippen molar-refractivity contribution in [3.05, 3.63) is 35.4 Å². The van der Waals surface area contributed by atoms with E-state index in [4.69, 9.17) is 0 Å². The number of rotatable bonds is 5. The van der Waals surface area contributed by atoms with E-state index in [1.54, 1.807) is 6.92 Å². The Morgan fingerprint density at radius 1 is 1.36 bits per heavy atom. The first-order valence-corrected chi connectivity index (χ1v) is 7.05. The zero-order chi connectivity index (χ0) is 16.5. The van der Waals surface area contributed by atoms with E-state index in [-0.39, 0.29) is 12.1 Å². The highest BCUT2D eigenvalue weighted by molar-refractivity contribution is 6.06. The summed E-state index contributed by atoms with van der Waals surface area (Å²) in [4.78, 5) is 25.1. The van der Waals surface area contributed by atoms with Gasteiger partial charge in [-0.1, -0.05) is 19.4 Å². The van der Waals surface area contributed by atoms with Gasteiger partial charge in [-0.05, 0) is 19.4 Å². The first kappa shape index (κ1) is 16.4. The maximum absolute atomic E-state index is 13.6. The summed E-state index contributed by atoms with van der Waals surface area (Å²) in [5.41, 5.74) is -1.17. The Balaban J connectivity index is 2.16. The molecule has 0 saturated carbocycles. The summed E-state index contributed by atoms with van der Waals surface area (Å²) >= 11 is 0. The molecule has 1 fully saturated rings. The molecule has 0 bridgehead atoms. The largest absolute Gasteiger partial charge is 0.386 e. The summed E-state index contributed by atoms with van der Waals surface area (Å²) in [6, 6.07) is 2.13. The number of amides is 3. The lowest BCUT2D eigenvalue weighted by molar-refractivity contribution is -0.132. The molecule has 5 nitrogen and oxygen atoms in total. The Labute approximate surface area is 126 Å². The first-order valence-electron chi connectivity index (χ1n) is 7.05. The van der Waals surface area contributed by atoms with Crippen molar-refractivity contribution in [2.75, 3.05) is 6.54 Å². The van der Waals surface area contributed by atoms with Gasteiger partial charge in [0.25, 0.3) is 5.91 Å². The van der Waals surface area contributed by atoms with Crippen LogP contribution in [0.2, 0.25) is 0 Å². The normalized spacial score (nSPS) is 22.9. The number of aliphatic hydroxyl groups is 1. The summed E-state index contributed by atoms with van der Waals surface area (Å²) in [5, 5.41) is 12.6. The molecule has 2 rings (SSSR count). The molecule has 1 saturated heterocycles. The van der Waals surface area contributed by atoms with Gasteiger partial charge in [0, 0.05) is 11.6 Å². The van der Waals surface area contributed by atoms with Crippen LogP contribution >= 0.6 is 0 Å². The molecule has 2 N–H and O–H groups in total. The fraction of sp³-hybridized carbons (Fsp3) is 0.467. The molecule has 1 aromatic carbocycles. The third-order valence-electron chi connectivity index (χ3n) is 3.77. The van der Waals surface area contributed by atoms with Crippen LogP contribution in [-0.2, 0) is 4.79 Å². The van der Waals surface area contributed by atoms with E-state index in [1.807, 2.05) is 6.92 Å². The maximum Gasteiger partial charge on any atom is 0.325 e. The average Bonchev–Trinajstić information content (AvgIpc) is 2.62. The van der Waals surface area contributed by atoms with Gasteiger partial charge in [0.05, 0.1) is 12.6 Å². The van der Waals surface area contributed by atoms with Gasteiger partial charge >= 0.3 is 6.03 Å². The van der Waals surface area contributed by atoms with Crippen LogP contribution in [0.5, 0.6) is 0 Å². The van der Waals surface area contributed by atoms with E-state index in [1.165, 1.54) is 0 Å². The van der Waals surface area contributed by atoms with Crippen molar-refractivity contribution in [1.29, 1.82) is 0 Å². The number of halogens is 2. The Bertz CT molecular complexity index is 608. The maximum atomic E-state index is 13.6. The predicted octanol–water partition coefficient (Wildman–Crippen LogP) is 2.11. The topological polar surface area (TPSA) is 69.6 Å². The first-order chi connectivity index (χ1) is 10.3. The van der Waals surface area contributed by atoms with Crippen molar-refractivity contribution in [2.24, 2.45) is 0 Å². The molecule has 0 aliphatic carbocycles. The van der Waals surface area contributed by atoms with Crippen LogP contribution in [-0.4, -0.2) is 34.0 Å². The van der Waals surface area contributed by atoms with Gasteiger partial charge in [-0.2, -0.15) is 0 Å².